The lowest BCUT2D eigenvalue weighted by Gasteiger charge is -2.32. The molecular formula is C18H15NO12S3. The molecule has 0 radical (unpaired) electrons. The second-order valence-corrected chi connectivity index (χ2v) is 9.54. The molecule has 0 amide bonds. The van der Waals surface area contributed by atoms with Gasteiger partial charge in [-0.05, 0) is 47.5 Å². The highest BCUT2D eigenvalue weighted by atomic mass is 32.3. The van der Waals surface area contributed by atoms with Crippen molar-refractivity contribution in [3.63, 3.8) is 0 Å². The molecule has 0 aliphatic rings. The van der Waals surface area contributed by atoms with Crippen LogP contribution in [-0.4, -0.2) is 43.9 Å². The Balaban J connectivity index is 2.25. The molecule has 13 nitrogen and oxygen atoms in total. The molecule has 2 aromatic carbocycles. The first-order chi connectivity index (χ1) is 15.7. The molecule has 0 atom stereocenters. The van der Waals surface area contributed by atoms with Crippen molar-refractivity contribution in [1.29, 1.82) is 0 Å². The van der Waals surface area contributed by atoms with Gasteiger partial charge in [-0.3, -0.25) is 18.6 Å². The van der Waals surface area contributed by atoms with Crippen LogP contribution in [0.4, 0.5) is 0 Å². The minimum Gasteiger partial charge on any atom is -0.362 e. The fourth-order valence-electron chi connectivity index (χ4n) is 3.06. The zero-order chi connectivity index (χ0) is 25.2. The quantitative estimate of drug-likeness (QED) is 0.334. The third-order valence-electron chi connectivity index (χ3n) is 4.18. The number of nitrogens with zero attached hydrogens (tertiary/aromatic N) is 1. The Bertz CT molecular complexity index is 1390. The summed E-state index contributed by atoms with van der Waals surface area (Å²) in [5, 5.41) is 0. The van der Waals surface area contributed by atoms with Crippen LogP contribution in [0.2, 0.25) is 0 Å². The molecule has 34 heavy (non-hydrogen) atoms. The van der Waals surface area contributed by atoms with E-state index in [1.54, 1.807) is 0 Å². The molecule has 1 aromatic heterocycles. The van der Waals surface area contributed by atoms with Crippen molar-refractivity contribution >= 4 is 31.2 Å². The van der Waals surface area contributed by atoms with Crippen LogP contribution in [-0.2, 0) is 41.0 Å². The molecule has 0 unspecified atom stereocenters. The Morgan fingerprint density at radius 3 is 1.38 bits per heavy atom. The molecule has 0 saturated carbocycles. The molecule has 0 bridgehead atoms. The van der Waals surface area contributed by atoms with Crippen LogP contribution in [0.15, 0.2) is 72.9 Å². The van der Waals surface area contributed by atoms with Crippen molar-refractivity contribution in [3.05, 3.63) is 89.7 Å². The van der Waals surface area contributed by atoms with E-state index in [9.17, 15) is 29.8 Å². The van der Waals surface area contributed by atoms with Gasteiger partial charge in [-0.15, -0.1) is 0 Å². The fourth-order valence-corrected chi connectivity index (χ4v) is 4.37. The van der Waals surface area contributed by atoms with Gasteiger partial charge in [0.05, 0.1) is 5.69 Å². The smallest absolute Gasteiger partial charge is 0.362 e. The topological polar surface area (TPSA) is 204 Å². The SMILES string of the molecule is O=S(=O)(O)Oc1ccc(C(OS(=O)(=O)O)(c2ccc(OS(=O)(=O)O)cc2)c2ccccn2)cc1. The average Bonchev–Trinajstić information content (AvgIpc) is 2.71. The lowest BCUT2D eigenvalue weighted by molar-refractivity contribution is 0.136. The van der Waals surface area contributed by atoms with Gasteiger partial charge in [0.25, 0.3) is 0 Å². The predicted molar refractivity (Wildman–Crippen MR) is 114 cm³/mol. The molecule has 16 heteroatoms. The summed E-state index contributed by atoms with van der Waals surface area (Å²) in [5.74, 6) is -0.658. The maximum Gasteiger partial charge on any atom is 0.446 e. The van der Waals surface area contributed by atoms with E-state index in [4.69, 9.17) is 13.3 Å². The van der Waals surface area contributed by atoms with Gasteiger partial charge in [0, 0.05) is 6.20 Å². The molecule has 0 spiro atoms. The zero-order valence-corrected chi connectivity index (χ0v) is 19.1. The summed E-state index contributed by atoms with van der Waals surface area (Å²) in [7, 11) is -14.9. The van der Waals surface area contributed by atoms with Crippen molar-refractivity contribution in [2.45, 2.75) is 5.60 Å². The molecule has 0 saturated heterocycles. The summed E-state index contributed by atoms with van der Waals surface area (Å²) in [6, 6.07) is 13.4. The normalized spacial score (nSPS) is 12.8. The Hall–Kier alpha value is -3.12. The summed E-state index contributed by atoms with van der Waals surface area (Å²) >= 11 is 0. The summed E-state index contributed by atoms with van der Waals surface area (Å²) in [5.41, 5.74) is -2.24. The van der Waals surface area contributed by atoms with Crippen LogP contribution in [0.1, 0.15) is 16.8 Å². The third-order valence-corrected chi connectivity index (χ3v) is 5.45. The highest BCUT2D eigenvalue weighted by Gasteiger charge is 2.43. The van der Waals surface area contributed by atoms with Crippen LogP contribution < -0.4 is 8.37 Å². The van der Waals surface area contributed by atoms with Gasteiger partial charge in [0.15, 0.2) is 5.60 Å². The van der Waals surface area contributed by atoms with Gasteiger partial charge in [0.1, 0.15) is 11.5 Å². The van der Waals surface area contributed by atoms with E-state index in [0.29, 0.717) is 0 Å². The molecule has 0 aliphatic heterocycles. The van der Waals surface area contributed by atoms with Gasteiger partial charge in [0.2, 0.25) is 0 Å². The first-order valence-corrected chi connectivity index (χ1v) is 12.9. The third kappa shape index (κ3) is 6.48. The maximum atomic E-state index is 11.9. The monoisotopic (exact) mass is 533 g/mol. The number of hydrogen-bond acceptors (Lipinski definition) is 10. The van der Waals surface area contributed by atoms with Gasteiger partial charge in [-0.25, -0.2) is 4.18 Å². The molecule has 0 fully saturated rings. The molecule has 182 valence electrons. The Kier molecular flexibility index (Phi) is 6.94. The minimum atomic E-state index is -5.18. The highest BCUT2D eigenvalue weighted by Crippen LogP contribution is 2.41. The zero-order valence-electron chi connectivity index (χ0n) is 16.6. The molecular weight excluding hydrogens is 518 g/mol. The lowest BCUT2D eigenvalue weighted by Crippen LogP contribution is -2.36. The van der Waals surface area contributed by atoms with E-state index in [2.05, 4.69) is 13.4 Å². The largest absolute Gasteiger partial charge is 0.446 e. The van der Waals surface area contributed by atoms with Crippen LogP contribution in [0.25, 0.3) is 0 Å². The number of benzene rings is 2. The number of rotatable bonds is 9. The summed E-state index contributed by atoms with van der Waals surface area (Å²) in [6.07, 6.45) is 1.31. The van der Waals surface area contributed by atoms with Crippen LogP contribution in [0.5, 0.6) is 11.5 Å². The van der Waals surface area contributed by atoms with E-state index in [0.717, 1.165) is 24.3 Å². The van der Waals surface area contributed by atoms with E-state index in [-0.39, 0.29) is 28.3 Å². The molecule has 3 rings (SSSR count). The molecule has 3 aromatic rings. The average molecular weight is 534 g/mol. The first kappa shape index (κ1) is 25.5. The van der Waals surface area contributed by atoms with E-state index in [1.165, 1.54) is 48.7 Å². The second-order valence-electron chi connectivity index (χ2n) is 6.48. The summed E-state index contributed by atoms with van der Waals surface area (Å²) in [4.78, 5) is 4.12. The number of hydrogen-bond donors (Lipinski definition) is 3. The van der Waals surface area contributed by atoms with Crippen molar-refractivity contribution in [1.82, 2.24) is 4.98 Å². The maximum absolute atomic E-state index is 11.9. The number of aromatic nitrogens is 1. The standard InChI is InChI=1S/C18H15NO12S3/c20-32(21,22)29-15-8-4-13(5-9-15)18(31-34(26,27)28,17-3-1-2-12-19-17)14-6-10-16(11-7-14)30-33(23,24)25/h1-12H,(H,20,21,22)(H,23,24,25)(H,26,27,28). The van der Waals surface area contributed by atoms with Crippen LogP contribution in [0.3, 0.4) is 0 Å². The molecule has 1 heterocycles. The summed E-state index contributed by atoms with van der Waals surface area (Å²) in [6.45, 7) is 0. The van der Waals surface area contributed by atoms with Crippen molar-refractivity contribution in [2.75, 3.05) is 0 Å². The second kappa shape index (κ2) is 9.26. The molecule has 0 aliphatic carbocycles. The molecule has 3 N–H and O–H groups in total. The van der Waals surface area contributed by atoms with Gasteiger partial charge in [-0.2, -0.15) is 25.3 Å². The van der Waals surface area contributed by atoms with Gasteiger partial charge in [-0.1, -0.05) is 30.3 Å². The fraction of sp³-hybridized carbons (Fsp3) is 0.0556. The summed E-state index contributed by atoms with van der Waals surface area (Å²) < 4.78 is 109. The first-order valence-electron chi connectivity index (χ1n) is 8.82. The lowest BCUT2D eigenvalue weighted by atomic mass is 9.83. The Labute approximate surface area is 194 Å². The van der Waals surface area contributed by atoms with Crippen LogP contribution >= 0.6 is 0 Å². The Morgan fingerprint density at radius 1 is 0.618 bits per heavy atom. The van der Waals surface area contributed by atoms with Crippen molar-refractivity contribution in [2.24, 2.45) is 0 Å². The minimum absolute atomic E-state index is 0.00467. The van der Waals surface area contributed by atoms with E-state index in [1.807, 2.05) is 0 Å². The Morgan fingerprint density at radius 2 is 1.06 bits per heavy atom. The number of pyridine rings is 1. The van der Waals surface area contributed by atoms with E-state index >= 15 is 0 Å². The van der Waals surface area contributed by atoms with Crippen LogP contribution in [0, 0.1) is 0 Å². The van der Waals surface area contributed by atoms with Crippen molar-refractivity contribution < 1.29 is 51.5 Å². The van der Waals surface area contributed by atoms with E-state index < -0.39 is 36.8 Å². The highest BCUT2D eigenvalue weighted by molar-refractivity contribution is 7.81. The van der Waals surface area contributed by atoms with Crippen molar-refractivity contribution in [3.8, 4) is 11.5 Å². The van der Waals surface area contributed by atoms with Gasteiger partial charge >= 0.3 is 31.2 Å². The predicted octanol–water partition coefficient (Wildman–Crippen LogP) is 1.56. The van der Waals surface area contributed by atoms with Gasteiger partial charge < -0.3 is 8.37 Å².